The van der Waals surface area contributed by atoms with Crippen LogP contribution in [0.5, 0.6) is 5.75 Å². The lowest BCUT2D eigenvalue weighted by atomic mass is 9.47. The number of nitrogens with zero attached hydrogens (tertiary/aromatic N) is 3. The van der Waals surface area contributed by atoms with E-state index in [1.54, 1.807) is 0 Å². The van der Waals surface area contributed by atoms with Gasteiger partial charge in [0.05, 0.1) is 37.2 Å². The van der Waals surface area contributed by atoms with Crippen LogP contribution in [0.25, 0.3) is 0 Å². The van der Waals surface area contributed by atoms with Crippen molar-refractivity contribution in [2.45, 2.75) is 56.9 Å². The molecular formula is C28H39N5O3. The number of benzene rings is 1. The molecule has 36 heavy (non-hydrogen) atoms. The summed E-state index contributed by atoms with van der Waals surface area (Å²) < 4.78 is 11.5. The molecule has 1 heterocycles. The van der Waals surface area contributed by atoms with E-state index in [0.717, 1.165) is 76.3 Å². The Kier molecular flexibility index (Phi) is 6.97. The van der Waals surface area contributed by atoms with Gasteiger partial charge in [-0.2, -0.15) is 5.26 Å². The first kappa shape index (κ1) is 25.0. The van der Waals surface area contributed by atoms with Gasteiger partial charge in [0.25, 0.3) is 0 Å². The minimum Gasteiger partial charge on any atom is -0.492 e. The van der Waals surface area contributed by atoms with Crippen molar-refractivity contribution in [3.05, 3.63) is 29.8 Å². The number of ether oxygens (including phenoxy) is 2. The number of nitriles is 1. The number of nitrogens with two attached hydrogens (primary N) is 2. The summed E-state index contributed by atoms with van der Waals surface area (Å²) in [5.74, 6) is 2.37. The number of hydrogen-bond donors (Lipinski definition) is 2. The van der Waals surface area contributed by atoms with Gasteiger partial charge in [0, 0.05) is 25.0 Å². The first-order valence-corrected chi connectivity index (χ1v) is 13.4. The summed E-state index contributed by atoms with van der Waals surface area (Å²) in [6.07, 6.45) is 4.99. The molecule has 0 aromatic heterocycles. The highest BCUT2D eigenvalue weighted by molar-refractivity contribution is 5.92. The second-order valence-electron chi connectivity index (χ2n) is 11.6. The average molecular weight is 494 g/mol. The number of amidine groups is 1. The van der Waals surface area contributed by atoms with E-state index in [9.17, 15) is 10.1 Å². The summed E-state index contributed by atoms with van der Waals surface area (Å²) in [5, 5.41) is 9.71. The fourth-order valence-electron chi connectivity index (χ4n) is 7.36. The van der Waals surface area contributed by atoms with Gasteiger partial charge in [0.15, 0.2) is 0 Å². The lowest BCUT2D eigenvalue weighted by molar-refractivity contribution is -0.144. The number of carbonyl (C=O) groups is 1. The standard InChI is InChI=1S/C28H39N5O3/c1-27(5-6-29,22-3-2-4-23(15-22)36-12-9-33-7-10-35-11-8-33)25(30)32-24-20-13-19-14-21(24)18-28(16-19,17-20)26(31)34/h2-4,15,19-21,24H,5,7-14,16-18H2,1H3,(H2,30,32)(H2,31,34). The summed E-state index contributed by atoms with van der Waals surface area (Å²) in [7, 11) is 0. The highest BCUT2D eigenvalue weighted by Crippen LogP contribution is 2.60. The first-order chi connectivity index (χ1) is 17.3. The Bertz CT molecular complexity index is 1030. The maximum atomic E-state index is 12.3. The van der Waals surface area contributed by atoms with Gasteiger partial charge in [-0.15, -0.1) is 0 Å². The van der Waals surface area contributed by atoms with Crippen molar-refractivity contribution in [1.82, 2.24) is 4.90 Å². The molecule has 8 nitrogen and oxygen atoms in total. The maximum Gasteiger partial charge on any atom is 0.223 e. The molecule has 5 fully saturated rings. The Morgan fingerprint density at radius 1 is 1.25 bits per heavy atom. The van der Waals surface area contributed by atoms with Crippen molar-refractivity contribution in [2.24, 2.45) is 39.6 Å². The zero-order chi connectivity index (χ0) is 25.3. The number of primary amides is 1. The van der Waals surface area contributed by atoms with Crippen LogP contribution in [0.15, 0.2) is 29.3 Å². The predicted octanol–water partition coefficient (Wildman–Crippen LogP) is 2.61. The molecule has 1 saturated heterocycles. The van der Waals surface area contributed by atoms with Crippen LogP contribution in [0.4, 0.5) is 0 Å². The van der Waals surface area contributed by atoms with Gasteiger partial charge < -0.3 is 20.9 Å². The fourth-order valence-corrected chi connectivity index (χ4v) is 7.36. The van der Waals surface area contributed by atoms with Crippen molar-refractivity contribution < 1.29 is 14.3 Å². The minimum absolute atomic E-state index is 0.0972. The van der Waals surface area contributed by atoms with Crippen LogP contribution < -0.4 is 16.2 Å². The van der Waals surface area contributed by atoms with E-state index >= 15 is 0 Å². The quantitative estimate of drug-likeness (QED) is 0.402. The zero-order valence-electron chi connectivity index (χ0n) is 21.3. The Morgan fingerprint density at radius 2 is 1.97 bits per heavy atom. The molecule has 3 atom stereocenters. The summed E-state index contributed by atoms with van der Waals surface area (Å²) in [4.78, 5) is 19.8. The fraction of sp³-hybridized carbons (Fsp3) is 0.679. The summed E-state index contributed by atoms with van der Waals surface area (Å²) >= 11 is 0. The molecule has 0 spiro atoms. The molecule has 194 valence electrons. The number of hydrogen-bond acceptors (Lipinski definition) is 6. The molecule has 3 unspecified atom stereocenters. The van der Waals surface area contributed by atoms with Crippen LogP contribution in [-0.2, 0) is 14.9 Å². The lowest BCUT2D eigenvalue weighted by Gasteiger charge is -2.57. The largest absolute Gasteiger partial charge is 0.492 e. The number of aliphatic imine (C=N–C) groups is 1. The second-order valence-corrected chi connectivity index (χ2v) is 11.6. The lowest BCUT2D eigenvalue weighted by Crippen LogP contribution is -2.57. The van der Waals surface area contributed by atoms with Crippen LogP contribution in [-0.4, -0.2) is 62.1 Å². The molecule has 4 N–H and O–H groups in total. The molecule has 1 amide bonds. The molecular weight excluding hydrogens is 454 g/mol. The Hall–Kier alpha value is -2.63. The van der Waals surface area contributed by atoms with Gasteiger partial charge in [-0.1, -0.05) is 12.1 Å². The van der Waals surface area contributed by atoms with E-state index in [2.05, 4.69) is 11.0 Å². The predicted molar refractivity (Wildman–Crippen MR) is 137 cm³/mol. The normalized spacial score (nSPS) is 33.6. The highest BCUT2D eigenvalue weighted by atomic mass is 16.5. The maximum absolute atomic E-state index is 12.3. The average Bonchev–Trinajstić information content (AvgIpc) is 2.86. The van der Waals surface area contributed by atoms with Crippen molar-refractivity contribution >= 4 is 11.7 Å². The number of rotatable bonds is 9. The van der Waals surface area contributed by atoms with E-state index in [-0.39, 0.29) is 23.8 Å². The summed E-state index contributed by atoms with van der Waals surface area (Å²) in [6.45, 7) is 6.85. The molecule has 0 radical (unpaired) electrons. The molecule has 8 heteroatoms. The minimum atomic E-state index is -0.714. The molecule has 4 aliphatic carbocycles. The third kappa shape index (κ3) is 4.71. The van der Waals surface area contributed by atoms with Gasteiger partial charge in [-0.25, -0.2) is 0 Å². The van der Waals surface area contributed by atoms with Crippen LogP contribution in [0.2, 0.25) is 0 Å². The van der Waals surface area contributed by atoms with Crippen molar-refractivity contribution in [3.8, 4) is 11.8 Å². The summed E-state index contributed by atoms with van der Waals surface area (Å²) in [5.41, 5.74) is 12.5. The SMILES string of the molecule is CC(CC#N)(C(N)=NC1C2CC3CC1CC(C(N)=O)(C3)C2)c1cccc(OCCN2CCOCC2)c1. The van der Waals surface area contributed by atoms with Gasteiger partial charge in [0.1, 0.15) is 18.2 Å². The number of carbonyl (C=O) groups excluding carboxylic acids is 1. The Balaban J connectivity index is 1.32. The zero-order valence-corrected chi connectivity index (χ0v) is 21.3. The van der Waals surface area contributed by atoms with Crippen LogP contribution in [0.3, 0.4) is 0 Å². The molecule has 1 aromatic carbocycles. The first-order valence-electron chi connectivity index (χ1n) is 13.4. The Morgan fingerprint density at radius 3 is 2.64 bits per heavy atom. The number of morpholine rings is 1. The van der Waals surface area contributed by atoms with Gasteiger partial charge in [0.2, 0.25) is 5.91 Å². The van der Waals surface area contributed by atoms with Crippen LogP contribution in [0.1, 0.15) is 51.0 Å². The van der Waals surface area contributed by atoms with Gasteiger partial charge in [-0.3, -0.25) is 14.7 Å². The third-order valence-electron chi connectivity index (χ3n) is 9.28. The smallest absolute Gasteiger partial charge is 0.223 e. The van der Waals surface area contributed by atoms with Crippen LogP contribution >= 0.6 is 0 Å². The van der Waals surface area contributed by atoms with Crippen molar-refractivity contribution in [3.63, 3.8) is 0 Å². The molecule has 4 bridgehead atoms. The van der Waals surface area contributed by atoms with E-state index < -0.39 is 5.41 Å². The van der Waals surface area contributed by atoms with Crippen LogP contribution in [0, 0.1) is 34.5 Å². The molecule has 1 aromatic rings. The molecule has 6 rings (SSSR count). The van der Waals surface area contributed by atoms with E-state index in [1.165, 1.54) is 0 Å². The second kappa shape index (κ2) is 10.0. The number of amides is 1. The van der Waals surface area contributed by atoms with Crippen molar-refractivity contribution in [1.29, 1.82) is 5.26 Å². The van der Waals surface area contributed by atoms with Crippen molar-refractivity contribution in [2.75, 3.05) is 39.5 Å². The summed E-state index contributed by atoms with van der Waals surface area (Å²) in [6, 6.07) is 10.3. The topological polar surface area (TPSA) is 127 Å². The van der Waals surface area contributed by atoms with E-state index in [4.69, 9.17) is 25.9 Å². The Labute approximate surface area is 214 Å². The van der Waals surface area contributed by atoms with Gasteiger partial charge in [-0.05, 0) is 74.5 Å². The molecule has 4 saturated carbocycles. The molecule has 5 aliphatic rings. The van der Waals surface area contributed by atoms with Gasteiger partial charge >= 0.3 is 0 Å². The highest BCUT2D eigenvalue weighted by Gasteiger charge is 2.58. The third-order valence-corrected chi connectivity index (χ3v) is 9.28. The van der Waals surface area contributed by atoms with E-state index in [1.807, 2.05) is 31.2 Å². The molecule has 1 aliphatic heterocycles. The van der Waals surface area contributed by atoms with E-state index in [0.29, 0.717) is 30.2 Å². The monoisotopic (exact) mass is 493 g/mol.